The first kappa shape index (κ1) is 46.5. The third kappa shape index (κ3) is 8.14. The summed E-state index contributed by atoms with van der Waals surface area (Å²) >= 11 is 0. The minimum atomic E-state index is 0.774. The summed E-state index contributed by atoms with van der Waals surface area (Å²) in [6.45, 7) is 0. The number of hydrogen-bond donors (Lipinski definition) is 0. The average molecular weight is 1030 g/mol. The number of hydrogen-bond acceptors (Lipinski definition) is 6. The van der Waals surface area contributed by atoms with Crippen LogP contribution in [-0.4, -0.2) is 0 Å². The smallest absolute Gasteiger partial charge is 0.153 e. The molecule has 0 atom stereocenters. The van der Waals surface area contributed by atoms with Gasteiger partial charge in [0.1, 0.15) is 0 Å². The minimum Gasteiger partial charge on any atom is -0.453 e. The number of ether oxygens (including phenoxy) is 2. The zero-order valence-corrected chi connectivity index (χ0v) is 43.5. The number of para-hydroxylation sites is 8. The molecule has 0 fully saturated rings. The van der Waals surface area contributed by atoms with Crippen molar-refractivity contribution in [1.29, 1.82) is 0 Å². The Morgan fingerprint density at radius 3 is 0.975 bits per heavy atom. The van der Waals surface area contributed by atoms with Crippen LogP contribution in [-0.2, 0) is 0 Å². The predicted octanol–water partition coefficient (Wildman–Crippen LogP) is 21.4. The second kappa shape index (κ2) is 19.6. The normalized spacial score (nSPS) is 12.2. The Labute approximate surface area is 465 Å². The van der Waals surface area contributed by atoms with E-state index >= 15 is 0 Å². The Hall–Kier alpha value is -10.8. The summed E-state index contributed by atoms with van der Waals surface area (Å²) in [5.41, 5.74) is 16.6. The summed E-state index contributed by atoms with van der Waals surface area (Å²) in [4.78, 5) is 9.28. The van der Waals surface area contributed by atoms with Gasteiger partial charge in [-0.1, -0.05) is 170 Å². The van der Waals surface area contributed by atoms with Crippen LogP contribution in [0.2, 0.25) is 0 Å². The van der Waals surface area contributed by atoms with Crippen molar-refractivity contribution in [1.82, 2.24) is 0 Å². The lowest BCUT2D eigenvalue weighted by Gasteiger charge is -2.34. The molecule has 0 spiro atoms. The molecular formula is C74H50N4O2. The highest BCUT2D eigenvalue weighted by molar-refractivity contribution is 6.21. The summed E-state index contributed by atoms with van der Waals surface area (Å²) in [5.74, 6) is 3.16. The molecule has 13 aromatic rings. The monoisotopic (exact) mass is 1030 g/mol. The van der Waals surface area contributed by atoms with E-state index < -0.39 is 0 Å². The molecule has 0 aromatic heterocycles. The molecule has 0 N–H and O–H groups in total. The molecule has 0 unspecified atom stereocenters. The zero-order chi connectivity index (χ0) is 52.9. The van der Waals surface area contributed by atoms with E-state index in [2.05, 4.69) is 299 Å². The predicted molar refractivity (Wildman–Crippen MR) is 331 cm³/mol. The average Bonchev–Trinajstić information content (AvgIpc) is 3.69. The molecule has 0 bridgehead atoms. The number of nitrogens with zero attached hydrogens (tertiary/aromatic N) is 4. The van der Waals surface area contributed by atoms with Crippen molar-refractivity contribution in [2.24, 2.45) is 0 Å². The van der Waals surface area contributed by atoms with Crippen molar-refractivity contribution in [3.05, 3.63) is 303 Å². The van der Waals surface area contributed by atoms with E-state index in [1.54, 1.807) is 0 Å². The van der Waals surface area contributed by atoms with Gasteiger partial charge in [-0.3, -0.25) is 0 Å². The van der Waals surface area contributed by atoms with Crippen LogP contribution in [0.25, 0.3) is 43.8 Å². The lowest BCUT2D eigenvalue weighted by atomic mass is 9.88. The number of rotatable bonds is 10. The van der Waals surface area contributed by atoms with Crippen LogP contribution in [0.15, 0.2) is 303 Å². The molecule has 0 amide bonds. The first-order valence-corrected chi connectivity index (χ1v) is 27.1. The molecule has 80 heavy (non-hydrogen) atoms. The molecule has 6 nitrogen and oxygen atoms in total. The van der Waals surface area contributed by atoms with Gasteiger partial charge in [-0.05, 0) is 165 Å². The number of anilines is 12. The molecule has 0 radical (unpaired) electrons. The van der Waals surface area contributed by atoms with Crippen molar-refractivity contribution in [3.8, 4) is 45.3 Å². The highest BCUT2D eigenvalue weighted by atomic mass is 16.5. The highest BCUT2D eigenvalue weighted by Gasteiger charge is 2.30. The van der Waals surface area contributed by atoms with Crippen molar-refractivity contribution in [2.75, 3.05) is 19.6 Å². The van der Waals surface area contributed by atoms with Crippen LogP contribution in [0.5, 0.6) is 23.0 Å². The molecule has 0 saturated heterocycles. The maximum absolute atomic E-state index is 6.82. The fourth-order valence-corrected chi connectivity index (χ4v) is 11.8. The van der Waals surface area contributed by atoms with Gasteiger partial charge >= 0.3 is 0 Å². The molecule has 378 valence electrons. The van der Waals surface area contributed by atoms with Crippen LogP contribution in [0.1, 0.15) is 0 Å². The number of fused-ring (bicyclic) bond motifs is 7. The molecule has 0 aliphatic carbocycles. The van der Waals surface area contributed by atoms with E-state index in [9.17, 15) is 0 Å². The lowest BCUT2D eigenvalue weighted by Crippen LogP contribution is -2.17. The minimum absolute atomic E-state index is 0.774. The van der Waals surface area contributed by atoms with Gasteiger partial charge in [0.25, 0.3) is 0 Å². The second-order valence-corrected chi connectivity index (χ2v) is 20.1. The molecule has 2 heterocycles. The standard InChI is InChI=1S/C74H50N4O2/c1-7-23-51(24-8-1)63-47-61(75(55-27-11-3-12-28-55)59-41-43-67-71(49-59)79-69-37-21-19-35-65(69)77(67)57-31-15-5-16-32-57)45-53-39-40-54-46-62(48-64(74(54)73(53)63)52-25-9-2-10-26-52)76(56-29-13-4-14-30-56)60-42-44-68-72(50-60)80-70-38-22-20-36-66(70)78(68)58-33-17-6-18-34-58/h1-50H. The molecule has 15 rings (SSSR count). The van der Waals surface area contributed by atoms with Gasteiger partial charge in [0.15, 0.2) is 23.0 Å². The van der Waals surface area contributed by atoms with Crippen LogP contribution in [0, 0.1) is 0 Å². The van der Waals surface area contributed by atoms with Crippen molar-refractivity contribution in [2.45, 2.75) is 0 Å². The fourth-order valence-electron chi connectivity index (χ4n) is 11.8. The van der Waals surface area contributed by atoms with Crippen molar-refractivity contribution >= 4 is 89.8 Å². The molecule has 2 aliphatic heterocycles. The van der Waals surface area contributed by atoms with E-state index in [1.807, 2.05) is 24.3 Å². The van der Waals surface area contributed by atoms with E-state index in [0.717, 1.165) is 124 Å². The summed E-state index contributed by atoms with van der Waals surface area (Å²) < 4.78 is 13.6. The third-order valence-electron chi connectivity index (χ3n) is 15.3. The molecular weight excluding hydrogens is 977 g/mol. The molecule has 13 aromatic carbocycles. The Morgan fingerprint density at radius 2 is 0.575 bits per heavy atom. The summed E-state index contributed by atoms with van der Waals surface area (Å²) in [6, 6.07) is 108. The van der Waals surface area contributed by atoms with Crippen molar-refractivity contribution in [3.63, 3.8) is 0 Å². The van der Waals surface area contributed by atoms with E-state index in [4.69, 9.17) is 9.47 Å². The largest absolute Gasteiger partial charge is 0.453 e. The molecule has 6 heteroatoms. The zero-order valence-electron chi connectivity index (χ0n) is 43.5. The van der Waals surface area contributed by atoms with Gasteiger partial charge in [0.05, 0.1) is 22.7 Å². The highest BCUT2D eigenvalue weighted by Crippen LogP contribution is 2.55. The van der Waals surface area contributed by atoms with Crippen LogP contribution in [0.3, 0.4) is 0 Å². The quantitative estimate of drug-likeness (QED) is 0.127. The fraction of sp³-hybridized carbons (Fsp3) is 0. The van der Waals surface area contributed by atoms with Gasteiger partial charge < -0.3 is 29.1 Å². The topological polar surface area (TPSA) is 31.4 Å². The maximum atomic E-state index is 6.82. The van der Waals surface area contributed by atoms with E-state index in [0.29, 0.717) is 0 Å². The van der Waals surface area contributed by atoms with Gasteiger partial charge in [0, 0.05) is 57.6 Å². The van der Waals surface area contributed by atoms with E-state index in [1.165, 1.54) is 10.8 Å². The van der Waals surface area contributed by atoms with Crippen LogP contribution >= 0.6 is 0 Å². The van der Waals surface area contributed by atoms with Gasteiger partial charge in [-0.2, -0.15) is 0 Å². The first-order chi connectivity index (χ1) is 39.7. The van der Waals surface area contributed by atoms with E-state index in [-0.39, 0.29) is 0 Å². The van der Waals surface area contributed by atoms with Crippen LogP contribution in [0.4, 0.5) is 68.2 Å². The van der Waals surface area contributed by atoms with Crippen LogP contribution < -0.4 is 29.1 Å². The Balaban J connectivity index is 0.925. The van der Waals surface area contributed by atoms with Gasteiger partial charge in [0.2, 0.25) is 0 Å². The second-order valence-electron chi connectivity index (χ2n) is 20.1. The first-order valence-electron chi connectivity index (χ1n) is 27.1. The third-order valence-corrected chi connectivity index (χ3v) is 15.3. The Bertz CT molecular complexity index is 4140. The lowest BCUT2D eigenvalue weighted by molar-refractivity contribution is 0.477. The SMILES string of the molecule is c1ccc(-c2cc(N(c3ccccc3)c3ccc4c(c3)Oc3ccccc3N4c3ccccc3)cc3ccc4cc(N(c5ccccc5)c5ccc6c(c5)Oc5ccccc5N6c5ccccc5)cc(-c5ccccc5)c4c23)cc1. The van der Waals surface area contributed by atoms with Gasteiger partial charge in [-0.15, -0.1) is 0 Å². The summed E-state index contributed by atoms with van der Waals surface area (Å²) in [5, 5.41) is 4.59. The van der Waals surface area contributed by atoms with Crippen molar-refractivity contribution < 1.29 is 9.47 Å². The maximum Gasteiger partial charge on any atom is 0.153 e. The number of benzene rings is 13. The molecule has 0 saturated carbocycles. The summed E-state index contributed by atoms with van der Waals surface area (Å²) in [7, 11) is 0. The Morgan fingerprint density at radius 1 is 0.237 bits per heavy atom. The van der Waals surface area contributed by atoms with Gasteiger partial charge in [-0.25, -0.2) is 0 Å². The molecule has 2 aliphatic rings. The summed E-state index contributed by atoms with van der Waals surface area (Å²) in [6.07, 6.45) is 0. The Kier molecular flexibility index (Phi) is 11.4.